The van der Waals surface area contributed by atoms with Crippen LogP contribution >= 0.6 is 11.6 Å². The molecule has 4 nitrogen and oxygen atoms in total. The van der Waals surface area contributed by atoms with Crippen LogP contribution < -0.4 is 10.1 Å². The predicted molar refractivity (Wildman–Crippen MR) is 126 cm³/mol. The number of nitrogens with one attached hydrogen (secondary N) is 1. The molecule has 0 saturated carbocycles. The van der Waals surface area contributed by atoms with Crippen molar-refractivity contribution in [3.8, 4) is 5.75 Å². The zero-order chi connectivity index (χ0) is 21.6. The molecule has 0 fully saturated rings. The van der Waals surface area contributed by atoms with Crippen molar-refractivity contribution < 1.29 is 9.53 Å². The van der Waals surface area contributed by atoms with Crippen molar-refractivity contribution in [3.05, 3.63) is 94.5 Å². The van der Waals surface area contributed by atoms with Gasteiger partial charge in [-0.05, 0) is 79.3 Å². The van der Waals surface area contributed by atoms with Crippen LogP contribution in [-0.2, 0) is 13.0 Å². The second kappa shape index (κ2) is 9.88. The fourth-order valence-corrected chi connectivity index (χ4v) is 4.28. The van der Waals surface area contributed by atoms with Gasteiger partial charge in [-0.2, -0.15) is 0 Å². The van der Waals surface area contributed by atoms with E-state index in [9.17, 15) is 4.79 Å². The van der Waals surface area contributed by atoms with E-state index in [0.29, 0.717) is 18.2 Å². The Kier molecular flexibility index (Phi) is 6.78. The number of hydrogen-bond donors (Lipinski definition) is 1. The van der Waals surface area contributed by atoms with Gasteiger partial charge in [0.15, 0.2) is 0 Å². The van der Waals surface area contributed by atoms with Crippen molar-refractivity contribution >= 4 is 23.3 Å². The highest BCUT2D eigenvalue weighted by Crippen LogP contribution is 2.35. The summed E-state index contributed by atoms with van der Waals surface area (Å²) in [6.45, 7) is 3.12. The lowest BCUT2D eigenvalue weighted by atomic mass is 9.86. The Morgan fingerprint density at radius 1 is 1.06 bits per heavy atom. The summed E-state index contributed by atoms with van der Waals surface area (Å²) in [4.78, 5) is 15.4. The first kappa shape index (κ1) is 21.3. The van der Waals surface area contributed by atoms with E-state index in [1.165, 1.54) is 11.1 Å². The van der Waals surface area contributed by atoms with E-state index >= 15 is 0 Å². The van der Waals surface area contributed by atoms with Crippen LogP contribution in [0.4, 0.5) is 10.5 Å². The lowest BCUT2D eigenvalue weighted by Gasteiger charge is -2.36. The van der Waals surface area contributed by atoms with E-state index in [2.05, 4.69) is 29.6 Å². The first-order valence-electron chi connectivity index (χ1n) is 10.8. The van der Waals surface area contributed by atoms with Crippen LogP contribution in [0.5, 0.6) is 5.75 Å². The molecule has 1 aliphatic rings. The summed E-state index contributed by atoms with van der Waals surface area (Å²) in [7, 11) is 0. The molecule has 1 N–H and O–H groups in total. The summed E-state index contributed by atoms with van der Waals surface area (Å²) in [5.74, 6) is 0.839. The van der Waals surface area contributed by atoms with Gasteiger partial charge in [-0.25, -0.2) is 4.79 Å². The van der Waals surface area contributed by atoms with Crippen molar-refractivity contribution in [2.24, 2.45) is 0 Å². The van der Waals surface area contributed by atoms with Crippen LogP contribution in [0.1, 0.15) is 42.5 Å². The summed E-state index contributed by atoms with van der Waals surface area (Å²) in [6.07, 6.45) is 3.07. The van der Waals surface area contributed by atoms with E-state index in [1.54, 1.807) is 12.1 Å². The molecule has 0 heterocycles. The fraction of sp³-hybridized carbons (Fsp3) is 0.269. The smallest absolute Gasteiger partial charge is 0.322 e. The van der Waals surface area contributed by atoms with Gasteiger partial charge in [-0.1, -0.05) is 48.0 Å². The molecule has 0 spiro atoms. The highest BCUT2D eigenvalue weighted by atomic mass is 35.5. The number of carbonyl (C=O) groups is 1. The Morgan fingerprint density at radius 3 is 2.55 bits per heavy atom. The second-order valence-electron chi connectivity index (χ2n) is 7.75. The molecule has 0 bridgehead atoms. The van der Waals surface area contributed by atoms with E-state index in [-0.39, 0.29) is 12.1 Å². The highest BCUT2D eigenvalue weighted by molar-refractivity contribution is 6.30. The highest BCUT2D eigenvalue weighted by Gasteiger charge is 2.29. The maximum absolute atomic E-state index is 13.4. The van der Waals surface area contributed by atoms with Crippen LogP contribution in [-0.4, -0.2) is 17.5 Å². The lowest BCUT2D eigenvalue weighted by Crippen LogP contribution is -2.39. The minimum atomic E-state index is -0.113. The molecule has 1 aliphatic carbocycles. The lowest BCUT2D eigenvalue weighted by molar-refractivity contribution is 0.175. The van der Waals surface area contributed by atoms with Gasteiger partial charge < -0.3 is 15.0 Å². The molecule has 0 aromatic heterocycles. The van der Waals surface area contributed by atoms with Gasteiger partial charge in [0, 0.05) is 17.3 Å². The van der Waals surface area contributed by atoms with Crippen LogP contribution in [0, 0.1) is 0 Å². The van der Waals surface area contributed by atoms with Crippen LogP contribution in [0.15, 0.2) is 72.8 Å². The number of carbonyl (C=O) groups excluding carboxylic acids is 1. The van der Waals surface area contributed by atoms with E-state index in [1.807, 2.05) is 48.2 Å². The Labute approximate surface area is 188 Å². The van der Waals surface area contributed by atoms with Gasteiger partial charge >= 0.3 is 6.03 Å². The molecule has 5 heteroatoms. The minimum Gasteiger partial charge on any atom is -0.494 e. The second-order valence-corrected chi connectivity index (χ2v) is 8.19. The number of halogens is 1. The van der Waals surface area contributed by atoms with Gasteiger partial charge in [-0.15, -0.1) is 0 Å². The third-order valence-electron chi connectivity index (χ3n) is 5.66. The standard InChI is InChI=1S/C26H27ClN2O2/c1-2-31-23-16-10-19(11-17-23)18-29(26(30)28-22-14-12-21(27)13-15-22)25-9-5-7-20-6-3-4-8-24(20)25/h3-4,6,8,10-17,25H,2,5,7,9,18H2,1H3,(H,28,30). The summed E-state index contributed by atoms with van der Waals surface area (Å²) in [5.41, 5.74) is 4.37. The maximum Gasteiger partial charge on any atom is 0.322 e. The number of fused-ring (bicyclic) bond motifs is 1. The normalized spacial score (nSPS) is 15.1. The van der Waals surface area contributed by atoms with Gasteiger partial charge in [0.2, 0.25) is 0 Å². The zero-order valence-electron chi connectivity index (χ0n) is 17.7. The van der Waals surface area contributed by atoms with E-state index in [0.717, 1.165) is 36.3 Å². The molecule has 2 amide bonds. The fourth-order valence-electron chi connectivity index (χ4n) is 4.16. The number of amides is 2. The number of benzene rings is 3. The molecular formula is C26H27ClN2O2. The quantitative estimate of drug-likeness (QED) is 0.460. The Morgan fingerprint density at radius 2 is 1.81 bits per heavy atom. The van der Waals surface area contributed by atoms with Crippen molar-refractivity contribution in [2.45, 2.75) is 38.8 Å². The third kappa shape index (κ3) is 5.20. The Balaban J connectivity index is 1.62. The molecule has 3 aromatic rings. The number of anilines is 1. The first-order valence-corrected chi connectivity index (χ1v) is 11.1. The molecule has 3 aromatic carbocycles. The monoisotopic (exact) mass is 434 g/mol. The number of rotatable bonds is 6. The molecule has 0 radical (unpaired) electrons. The molecule has 1 atom stereocenters. The van der Waals surface area contributed by atoms with Crippen molar-refractivity contribution in [1.82, 2.24) is 4.90 Å². The molecule has 1 unspecified atom stereocenters. The number of hydrogen-bond acceptors (Lipinski definition) is 2. The number of aryl methyl sites for hydroxylation is 1. The topological polar surface area (TPSA) is 41.6 Å². The summed E-state index contributed by atoms with van der Waals surface area (Å²) >= 11 is 6.00. The third-order valence-corrected chi connectivity index (χ3v) is 5.91. The van der Waals surface area contributed by atoms with Crippen LogP contribution in [0.25, 0.3) is 0 Å². The van der Waals surface area contributed by atoms with E-state index in [4.69, 9.17) is 16.3 Å². The van der Waals surface area contributed by atoms with Crippen molar-refractivity contribution in [1.29, 1.82) is 0 Å². The summed E-state index contributed by atoms with van der Waals surface area (Å²) in [6, 6.07) is 23.6. The van der Waals surface area contributed by atoms with Gasteiger partial charge in [0.1, 0.15) is 5.75 Å². The van der Waals surface area contributed by atoms with Gasteiger partial charge in [0.05, 0.1) is 12.6 Å². The van der Waals surface area contributed by atoms with Crippen molar-refractivity contribution in [2.75, 3.05) is 11.9 Å². The van der Waals surface area contributed by atoms with Gasteiger partial charge in [0.25, 0.3) is 0 Å². The first-order chi connectivity index (χ1) is 15.1. The average molecular weight is 435 g/mol. The maximum atomic E-state index is 13.4. The molecule has 31 heavy (non-hydrogen) atoms. The zero-order valence-corrected chi connectivity index (χ0v) is 18.4. The average Bonchev–Trinajstić information content (AvgIpc) is 2.80. The number of urea groups is 1. The molecule has 160 valence electrons. The SMILES string of the molecule is CCOc1ccc(CN(C(=O)Nc2ccc(Cl)cc2)C2CCCc3ccccc32)cc1. The molecule has 0 aliphatic heterocycles. The van der Waals surface area contributed by atoms with Crippen molar-refractivity contribution in [3.63, 3.8) is 0 Å². The Hall–Kier alpha value is -2.98. The molecule has 0 saturated heterocycles. The van der Waals surface area contributed by atoms with E-state index < -0.39 is 0 Å². The van der Waals surface area contributed by atoms with Gasteiger partial charge in [-0.3, -0.25) is 0 Å². The summed E-state index contributed by atoms with van der Waals surface area (Å²) in [5, 5.41) is 3.70. The van der Waals surface area contributed by atoms with Crippen LogP contribution in [0.2, 0.25) is 5.02 Å². The summed E-state index contributed by atoms with van der Waals surface area (Å²) < 4.78 is 5.56. The predicted octanol–water partition coefficient (Wildman–Crippen LogP) is 6.85. The molecule has 4 rings (SSSR count). The number of ether oxygens (including phenoxy) is 1. The number of nitrogens with zero attached hydrogens (tertiary/aromatic N) is 1. The molecular weight excluding hydrogens is 408 g/mol. The minimum absolute atomic E-state index is 0.0313. The van der Waals surface area contributed by atoms with Crippen LogP contribution in [0.3, 0.4) is 0 Å². The largest absolute Gasteiger partial charge is 0.494 e. The Bertz CT molecular complexity index is 1020.